The van der Waals surface area contributed by atoms with Crippen LogP contribution in [0.15, 0.2) is 36.4 Å². The molecule has 0 bridgehead atoms. The normalized spacial score (nSPS) is 10.9. The van der Waals surface area contributed by atoms with Crippen LogP contribution in [0.2, 0.25) is 0 Å². The standard InChI is InChI=1S/C16H12FNO3S/c1-21-13-4-2-3-10(15(13)17)16-18-11-6-5-9(12(20)8-19)7-14(11)22-16/h2-7,19H,8H2,1H3. The third-order valence-corrected chi connectivity index (χ3v) is 4.32. The molecule has 3 rings (SSSR count). The van der Waals surface area contributed by atoms with Gasteiger partial charge in [-0.25, -0.2) is 9.37 Å². The Bertz CT molecular complexity index is 860. The Morgan fingerprint density at radius 2 is 2.18 bits per heavy atom. The lowest BCUT2D eigenvalue weighted by Gasteiger charge is -2.04. The summed E-state index contributed by atoms with van der Waals surface area (Å²) >= 11 is 1.29. The van der Waals surface area contributed by atoms with Gasteiger partial charge in [-0.15, -0.1) is 11.3 Å². The number of Topliss-reactive ketones (excluding diaryl/α,β-unsaturated/α-hetero) is 1. The largest absolute Gasteiger partial charge is 0.494 e. The van der Waals surface area contributed by atoms with Crippen LogP contribution in [0.1, 0.15) is 10.4 Å². The Morgan fingerprint density at radius 3 is 2.91 bits per heavy atom. The van der Waals surface area contributed by atoms with Gasteiger partial charge in [-0.2, -0.15) is 0 Å². The molecule has 0 amide bonds. The highest BCUT2D eigenvalue weighted by Crippen LogP contribution is 2.34. The molecular weight excluding hydrogens is 305 g/mol. The number of aromatic nitrogens is 1. The first-order valence-electron chi connectivity index (χ1n) is 6.51. The summed E-state index contributed by atoms with van der Waals surface area (Å²) < 4.78 is 20.0. The fraction of sp³-hybridized carbons (Fsp3) is 0.125. The van der Waals surface area contributed by atoms with Gasteiger partial charge in [0.1, 0.15) is 11.6 Å². The van der Waals surface area contributed by atoms with Crippen LogP contribution in [-0.4, -0.2) is 29.6 Å². The van der Waals surface area contributed by atoms with Crippen molar-refractivity contribution in [1.29, 1.82) is 0 Å². The zero-order chi connectivity index (χ0) is 15.7. The van der Waals surface area contributed by atoms with E-state index in [1.165, 1.54) is 18.4 Å². The number of hydrogen-bond acceptors (Lipinski definition) is 5. The Labute approximate surface area is 129 Å². The molecule has 0 aliphatic heterocycles. The topological polar surface area (TPSA) is 59.4 Å². The molecule has 1 aromatic heterocycles. The van der Waals surface area contributed by atoms with Gasteiger partial charge in [0.2, 0.25) is 0 Å². The summed E-state index contributed by atoms with van der Waals surface area (Å²) in [5, 5.41) is 9.43. The van der Waals surface area contributed by atoms with Crippen molar-refractivity contribution in [3.8, 4) is 16.3 Å². The zero-order valence-electron chi connectivity index (χ0n) is 11.7. The van der Waals surface area contributed by atoms with Gasteiger partial charge in [-0.3, -0.25) is 4.79 Å². The number of carbonyl (C=O) groups excluding carboxylic acids is 1. The summed E-state index contributed by atoms with van der Waals surface area (Å²) in [5.74, 6) is -0.659. The lowest BCUT2D eigenvalue weighted by molar-refractivity contribution is 0.0904. The van der Waals surface area contributed by atoms with Gasteiger partial charge in [0.15, 0.2) is 17.3 Å². The molecule has 0 unspecified atom stereocenters. The summed E-state index contributed by atoms with van der Waals surface area (Å²) in [6.45, 7) is -0.540. The first kappa shape index (κ1) is 14.6. The second-order valence-corrected chi connectivity index (χ2v) is 5.64. The molecule has 2 aromatic carbocycles. The third-order valence-electron chi connectivity index (χ3n) is 3.27. The predicted molar refractivity (Wildman–Crippen MR) is 83.0 cm³/mol. The first-order chi connectivity index (χ1) is 10.6. The maximum absolute atomic E-state index is 14.3. The van der Waals surface area contributed by atoms with E-state index < -0.39 is 12.4 Å². The molecule has 0 aliphatic carbocycles. The van der Waals surface area contributed by atoms with Crippen molar-refractivity contribution in [3.63, 3.8) is 0 Å². The minimum atomic E-state index is -0.540. The van der Waals surface area contributed by atoms with Crippen molar-refractivity contribution in [2.24, 2.45) is 0 Å². The molecule has 1 N–H and O–H groups in total. The lowest BCUT2D eigenvalue weighted by Crippen LogP contribution is -2.03. The van der Waals surface area contributed by atoms with Crippen LogP contribution in [0.3, 0.4) is 0 Å². The molecule has 112 valence electrons. The highest BCUT2D eigenvalue weighted by atomic mass is 32.1. The molecule has 1 heterocycles. The number of aliphatic hydroxyl groups excluding tert-OH is 1. The van der Waals surface area contributed by atoms with Gasteiger partial charge in [-0.1, -0.05) is 6.07 Å². The SMILES string of the molecule is COc1cccc(-c2nc3ccc(C(=O)CO)cc3s2)c1F. The summed E-state index contributed by atoms with van der Waals surface area (Å²) in [7, 11) is 1.41. The van der Waals surface area contributed by atoms with Crippen LogP contribution < -0.4 is 4.74 Å². The zero-order valence-corrected chi connectivity index (χ0v) is 12.5. The highest BCUT2D eigenvalue weighted by molar-refractivity contribution is 7.21. The van der Waals surface area contributed by atoms with E-state index in [1.807, 2.05) is 0 Å². The van der Waals surface area contributed by atoms with E-state index in [4.69, 9.17) is 9.84 Å². The van der Waals surface area contributed by atoms with E-state index in [2.05, 4.69) is 4.98 Å². The fourth-order valence-corrected chi connectivity index (χ4v) is 3.16. The second kappa shape index (κ2) is 5.82. The summed E-state index contributed by atoms with van der Waals surface area (Å²) in [4.78, 5) is 15.9. The van der Waals surface area contributed by atoms with E-state index in [0.29, 0.717) is 21.7 Å². The van der Waals surface area contributed by atoms with Gasteiger partial charge >= 0.3 is 0 Å². The number of rotatable bonds is 4. The van der Waals surface area contributed by atoms with Crippen molar-refractivity contribution < 1.29 is 19.0 Å². The van der Waals surface area contributed by atoms with Crippen LogP contribution >= 0.6 is 11.3 Å². The number of aliphatic hydroxyl groups is 1. The van der Waals surface area contributed by atoms with E-state index in [0.717, 1.165) is 4.70 Å². The number of methoxy groups -OCH3 is 1. The number of hydrogen-bond donors (Lipinski definition) is 1. The molecule has 0 saturated carbocycles. The van der Waals surface area contributed by atoms with Gasteiger partial charge in [0.25, 0.3) is 0 Å². The maximum Gasteiger partial charge on any atom is 0.188 e. The smallest absolute Gasteiger partial charge is 0.188 e. The quantitative estimate of drug-likeness (QED) is 0.750. The molecule has 6 heteroatoms. The summed E-state index contributed by atoms with van der Waals surface area (Å²) in [6.07, 6.45) is 0. The Morgan fingerprint density at radius 1 is 1.36 bits per heavy atom. The molecule has 0 radical (unpaired) electrons. The minimum Gasteiger partial charge on any atom is -0.494 e. The molecule has 0 spiro atoms. The highest BCUT2D eigenvalue weighted by Gasteiger charge is 2.15. The second-order valence-electron chi connectivity index (χ2n) is 4.60. The van der Waals surface area contributed by atoms with Crippen molar-refractivity contribution in [3.05, 3.63) is 47.8 Å². The number of ether oxygens (including phenoxy) is 1. The van der Waals surface area contributed by atoms with Crippen molar-refractivity contribution >= 4 is 27.3 Å². The van der Waals surface area contributed by atoms with Crippen LogP contribution in [0.5, 0.6) is 5.75 Å². The van der Waals surface area contributed by atoms with E-state index in [1.54, 1.807) is 36.4 Å². The van der Waals surface area contributed by atoms with Crippen LogP contribution in [0.4, 0.5) is 4.39 Å². The van der Waals surface area contributed by atoms with Gasteiger partial charge < -0.3 is 9.84 Å². The molecule has 0 fully saturated rings. The Kier molecular flexibility index (Phi) is 3.87. The number of halogens is 1. The lowest BCUT2D eigenvalue weighted by atomic mass is 10.1. The Balaban J connectivity index is 2.11. The molecule has 0 aliphatic rings. The van der Waals surface area contributed by atoms with Crippen molar-refractivity contribution in [2.45, 2.75) is 0 Å². The molecule has 22 heavy (non-hydrogen) atoms. The van der Waals surface area contributed by atoms with Crippen molar-refractivity contribution in [2.75, 3.05) is 13.7 Å². The number of ketones is 1. The average molecular weight is 317 g/mol. The van der Waals surface area contributed by atoms with E-state index >= 15 is 0 Å². The predicted octanol–water partition coefficient (Wildman–Crippen LogP) is 3.29. The van der Waals surface area contributed by atoms with Crippen LogP contribution in [0.25, 0.3) is 20.8 Å². The molecule has 0 saturated heterocycles. The van der Waals surface area contributed by atoms with E-state index in [9.17, 15) is 9.18 Å². The summed E-state index contributed by atoms with van der Waals surface area (Å²) in [6, 6.07) is 9.83. The van der Waals surface area contributed by atoms with Gasteiger partial charge in [0.05, 0.1) is 22.9 Å². The average Bonchev–Trinajstić information content (AvgIpc) is 2.97. The number of thiazole rings is 1. The summed E-state index contributed by atoms with van der Waals surface area (Å²) in [5.41, 5.74) is 1.45. The number of nitrogens with zero attached hydrogens (tertiary/aromatic N) is 1. The Hall–Kier alpha value is -2.31. The fourth-order valence-electron chi connectivity index (χ4n) is 2.14. The van der Waals surface area contributed by atoms with Crippen molar-refractivity contribution in [1.82, 2.24) is 4.98 Å². The van der Waals surface area contributed by atoms with Crippen LogP contribution in [0, 0.1) is 5.82 Å². The molecule has 4 nitrogen and oxygen atoms in total. The van der Waals surface area contributed by atoms with Gasteiger partial charge in [0, 0.05) is 5.56 Å². The third kappa shape index (κ3) is 2.47. The number of benzene rings is 2. The number of fused-ring (bicyclic) bond motifs is 1. The molecule has 0 atom stereocenters. The minimum absolute atomic E-state index is 0.160. The monoisotopic (exact) mass is 317 g/mol. The van der Waals surface area contributed by atoms with Gasteiger partial charge in [-0.05, 0) is 30.3 Å². The number of carbonyl (C=O) groups is 1. The molecule has 3 aromatic rings. The maximum atomic E-state index is 14.3. The van der Waals surface area contributed by atoms with Crippen LogP contribution in [-0.2, 0) is 0 Å². The van der Waals surface area contributed by atoms with E-state index in [-0.39, 0.29) is 11.5 Å². The molecular formula is C16H12FNO3S. The first-order valence-corrected chi connectivity index (χ1v) is 7.33.